The summed E-state index contributed by atoms with van der Waals surface area (Å²) in [5, 5.41) is 14.5. The Morgan fingerprint density at radius 1 is 0.300 bits per heavy atom. The van der Waals surface area contributed by atoms with Gasteiger partial charge in [0.05, 0.1) is 0 Å². The van der Waals surface area contributed by atoms with Crippen LogP contribution in [0.4, 0.5) is 22.7 Å². The standard InChI is InChI=1S/C26H26N4/c1-5-13-21(14-6-1)27-25(28-22-15-7-2-8-16-22)26(29-23-17-9-3-10-18-23)30-24-19-11-4-12-20-24/h1-20,25-30H. The number of hydrogen-bond acceptors (Lipinski definition) is 4. The molecule has 0 saturated heterocycles. The summed E-state index contributed by atoms with van der Waals surface area (Å²) < 4.78 is 0. The number of nitrogens with one attached hydrogen (secondary N) is 4. The summed E-state index contributed by atoms with van der Waals surface area (Å²) in [5.74, 6) is 0. The Labute approximate surface area is 178 Å². The fraction of sp³-hybridized carbons (Fsp3) is 0.0769. The average Bonchev–Trinajstić information content (AvgIpc) is 2.81. The SMILES string of the molecule is c1ccc(NC(Nc2ccccc2)C(Nc2ccccc2)Nc2ccccc2)cc1. The normalized spacial score (nSPS) is 10.6. The Kier molecular flexibility index (Phi) is 6.48. The van der Waals surface area contributed by atoms with Gasteiger partial charge in [-0.1, -0.05) is 72.8 Å². The van der Waals surface area contributed by atoms with Crippen LogP contribution in [0.5, 0.6) is 0 Å². The molecule has 4 heteroatoms. The summed E-state index contributed by atoms with van der Waals surface area (Å²) in [5.41, 5.74) is 4.17. The van der Waals surface area contributed by atoms with Gasteiger partial charge in [0.2, 0.25) is 0 Å². The first-order valence-corrected chi connectivity index (χ1v) is 10.1. The highest BCUT2D eigenvalue weighted by atomic mass is 15.3. The molecule has 0 aromatic heterocycles. The quantitative estimate of drug-likeness (QED) is 0.260. The Balaban J connectivity index is 1.64. The van der Waals surface area contributed by atoms with Gasteiger partial charge < -0.3 is 21.3 Å². The third kappa shape index (κ3) is 5.55. The minimum absolute atomic E-state index is 0.143. The zero-order valence-electron chi connectivity index (χ0n) is 16.7. The molecule has 0 spiro atoms. The topological polar surface area (TPSA) is 48.1 Å². The first-order chi connectivity index (χ1) is 14.9. The highest BCUT2D eigenvalue weighted by Gasteiger charge is 2.22. The molecule has 0 aliphatic rings. The summed E-state index contributed by atoms with van der Waals surface area (Å²) in [6.45, 7) is 0. The Morgan fingerprint density at radius 2 is 0.500 bits per heavy atom. The molecule has 0 aliphatic heterocycles. The van der Waals surface area contributed by atoms with Gasteiger partial charge in [0, 0.05) is 22.7 Å². The van der Waals surface area contributed by atoms with Gasteiger partial charge in [-0.05, 0) is 48.5 Å². The molecule has 0 atom stereocenters. The second kappa shape index (κ2) is 10.0. The van der Waals surface area contributed by atoms with Gasteiger partial charge in [-0.15, -0.1) is 0 Å². The predicted octanol–water partition coefficient (Wildman–Crippen LogP) is 6.09. The molecule has 4 nitrogen and oxygen atoms in total. The van der Waals surface area contributed by atoms with Crippen molar-refractivity contribution in [2.24, 2.45) is 0 Å². The van der Waals surface area contributed by atoms with E-state index < -0.39 is 0 Å². The van der Waals surface area contributed by atoms with Crippen molar-refractivity contribution in [1.82, 2.24) is 0 Å². The minimum Gasteiger partial charge on any atom is -0.362 e. The Hall–Kier alpha value is -3.92. The lowest BCUT2D eigenvalue weighted by Gasteiger charge is -2.33. The van der Waals surface area contributed by atoms with Crippen LogP contribution in [0.3, 0.4) is 0 Å². The van der Waals surface area contributed by atoms with Gasteiger partial charge in [0.1, 0.15) is 12.3 Å². The highest BCUT2D eigenvalue weighted by Crippen LogP contribution is 2.18. The molecule has 0 saturated carbocycles. The van der Waals surface area contributed by atoms with Crippen LogP contribution in [0.1, 0.15) is 0 Å². The van der Waals surface area contributed by atoms with Crippen molar-refractivity contribution in [1.29, 1.82) is 0 Å². The van der Waals surface area contributed by atoms with Crippen molar-refractivity contribution in [3.8, 4) is 0 Å². The van der Waals surface area contributed by atoms with Gasteiger partial charge in [0.25, 0.3) is 0 Å². The molecule has 0 amide bonds. The fourth-order valence-corrected chi connectivity index (χ4v) is 3.26. The molecular formula is C26H26N4. The van der Waals surface area contributed by atoms with E-state index in [-0.39, 0.29) is 12.3 Å². The van der Waals surface area contributed by atoms with E-state index in [1.54, 1.807) is 0 Å². The molecule has 0 bridgehead atoms. The van der Waals surface area contributed by atoms with Crippen molar-refractivity contribution >= 4 is 22.7 Å². The first-order valence-electron chi connectivity index (χ1n) is 10.1. The predicted molar refractivity (Wildman–Crippen MR) is 128 cm³/mol. The van der Waals surface area contributed by atoms with Crippen LogP contribution in [0.2, 0.25) is 0 Å². The van der Waals surface area contributed by atoms with Crippen LogP contribution in [0, 0.1) is 0 Å². The maximum atomic E-state index is 3.63. The number of benzene rings is 4. The van der Waals surface area contributed by atoms with Crippen molar-refractivity contribution in [2.75, 3.05) is 21.3 Å². The second-order valence-electron chi connectivity index (χ2n) is 7.00. The number of hydrogen-bond donors (Lipinski definition) is 4. The zero-order chi connectivity index (χ0) is 20.4. The van der Waals surface area contributed by atoms with Crippen LogP contribution < -0.4 is 21.3 Å². The van der Waals surface area contributed by atoms with Crippen LogP contribution in [-0.2, 0) is 0 Å². The van der Waals surface area contributed by atoms with Crippen LogP contribution in [0.25, 0.3) is 0 Å². The fourth-order valence-electron chi connectivity index (χ4n) is 3.26. The summed E-state index contributed by atoms with van der Waals surface area (Å²) in [6, 6.07) is 40.9. The molecular weight excluding hydrogens is 368 g/mol. The van der Waals surface area contributed by atoms with Gasteiger partial charge in [0.15, 0.2) is 0 Å². The molecule has 0 aliphatic carbocycles. The third-order valence-corrected chi connectivity index (χ3v) is 4.72. The van der Waals surface area contributed by atoms with Crippen LogP contribution >= 0.6 is 0 Å². The third-order valence-electron chi connectivity index (χ3n) is 4.72. The second-order valence-corrected chi connectivity index (χ2v) is 7.00. The van der Waals surface area contributed by atoms with E-state index in [2.05, 4.69) is 69.8 Å². The summed E-state index contributed by atoms with van der Waals surface area (Å²) >= 11 is 0. The van der Waals surface area contributed by atoms with E-state index in [1.165, 1.54) is 0 Å². The van der Waals surface area contributed by atoms with E-state index >= 15 is 0 Å². The van der Waals surface area contributed by atoms with Gasteiger partial charge in [-0.3, -0.25) is 0 Å². The maximum absolute atomic E-state index is 3.63. The summed E-state index contributed by atoms with van der Waals surface area (Å²) in [7, 11) is 0. The average molecular weight is 395 g/mol. The lowest BCUT2D eigenvalue weighted by Crippen LogP contribution is -2.49. The molecule has 0 fully saturated rings. The van der Waals surface area contributed by atoms with E-state index in [4.69, 9.17) is 0 Å². The van der Waals surface area contributed by atoms with E-state index in [9.17, 15) is 0 Å². The molecule has 4 aromatic rings. The van der Waals surface area contributed by atoms with Crippen molar-refractivity contribution < 1.29 is 0 Å². The van der Waals surface area contributed by atoms with Crippen molar-refractivity contribution in [3.63, 3.8) is 0 Å². The number of anilines is 4. The van der Waals surface area contributed by atoms with Crippen LogP contribution in [-0.4, -0.2) is 12.3 Å². The Bertz CT molecular complexity index is 824. The Morgan fingerprint density at radius 3 is 0.700 bits per heavy atom. The zero-order valence-corrected chi connectivity index (χ0v) is 16.7. The lowest BCUT2D eigenvalue weighted by molar-refractivity contribution is 0.702. The summed E-state index contributed by atoms with van der Waals surface area (Å²) in [4.78, 5) is 0. The molecule has 0 heterocycles. The lowest BCUT2D eigenvalue weighted by atomic mass is 10.2. The molecule has 30 heavy (non-hydrogen) atoms. The highest BCUT2D eigenvalue weighted by molar-refractivity contribution is 5.55. The largest absolute Gasteiger partial charge is 0.362 e. The molecule has 4 N–H and O–H groups in total. The maximum Gasteiger partial charge on any atom is 0.136 e. The number of para-hydroxylation sites is 4. The molecule has 0 unspecified atom stereocenters. The van der Waals surface area contributed by atoms with E-state index in [1.807, 2.05) is 72.8 Å². The molecule has 4 rings (SSSR count). The van der Waals surface area contributed by atoms with E-state index in [0.29, 0.717) is 0 Å². The van der Waals surface area contributed by atoms with Crippen molar-refractivity contribution in [2.45, 2.75) is 12.3 Å². The van der Waals surface area contributed by atoms with E-state index in [0.717, 1.165) is 22.7 Å². The molecule has 150 valence electrons. The first kappa shape index (κ1) is 19.4. The number of rotatable bonds is 9. The molecule has 0 radical (unpaired) electrons. The molecule has 4 aromatic carbocycles. The van der Waals surface area contributed by atoms with Gasteiger partial charge in [-0.2, -0.15) is 0 Å². The van der Waals surface area contributed by atoms with Crippen molar-refractivity contribution in [3.05, 3.63) is 121 Å². The minimum atomic E-state index is -0.143. The van der Waals surface area contributed by atoms with Gasteiger partial charge >= 0.3 is 0 Å². The smallest absolute Gasteiger partial charge is 0.136 e. The summed E-state index contributed by atoms with van der Waals surface area (Å²) in [6.07, 6.45) is -0.287. The monoisotopic (exact) mass is 394 g/mol. The van der Waals surface area contributed by atoms with Gasteiger partial charge in [-0.25, -0.2) is 0 Å². The van der Waals surface area contributed by atoms with Crippen LogP contribution in [0.15, 0.2) is 121 Å².